The van der Waals surface area contributed by atoms with E-state index in [0.29, 0.717) is 11.5 Å². The highest BCUT2D eigenvalue weighted by Gasteiger charge is 2.36. The molecule has 0 bridgehead atoms. The topological polar surface area (TPSA) is 104 Å². The summed E-state index contributed by atoms with van der Waals surface area (Å²) in [6.07, 6.45) is 5.35. The average Bonchev–Trinajstić information content (AvgIpc) is 3.47. The Balaban J connectivity index is 1.62. The fourth-order valence-electron chi connectivity index (χ4n) is 4.00. The van der Waals surface area contributed by atoms with Crippen LogP contribution in [0.4, 0.5) is 0 Å². The first-order valence-electron chi connectivity index (χ1n) is 10.0. The van der Waals surface area contributed by atoms with Crippen LogP contribution in [0.15, 0.2) is 78.7 Å². The Hall–Kier alpha value is -4.51. The van der Waals surface area contributed by atoms with Crippen LogP contribution >= 0.6 is 0 Å². The van der Waals surface area contributed by atoms with Crippen LogP contribution in [0.1, 0.15) is 22.7 Å². The van der Waals surface area contributed by atoms with Gasteiger partial charge in [0.1, 0.15) is 17.4 Å². The molecule has 5 rings (SSSR count). The van der Waals surface area contributed by atoms with E-state index in [4.69, 9.17) is 20.3 Å². The third kappa shape index (κ3) is 3.08. The van der Waals surface area contributed by atoms with E-state index in [9.17, 15) is 5.26 Å². The van der Waals surface area contributed by atoms with Gasteiger partial charge in [-0.25, -0.2) is 9.67 Å². The maximum atomic E-state index is 9.87. The lowest BCUT2D eigenvalue weighted by Gasteiger charge is -2.25. The summed E-state index contributed by atoms with van der Waals surface area (Å²) >= 11 is 0. The Morgan fingerprint density at radius 2 is 1.81 bits per heavy atom. The lowest BCUT2D eigenvalue weighted by molar-refractivity contribution is 0.367. The molecule has 3 heterocycles. The van der Waals surface area contributed by atoms with Gasteiger partial charge in [-0.05, 0) is 48.9 Å². The molecule has 1 aliphatic heterocycles. The van der Waals surface area contributed by atoms with Gasteiger partial charge in [-0.1, -0.05) is 12.1 Å². The number of fused-ring (bicyclic) bond motifs is 1. The van der Waals surface area contributed by atoms with Crippen LogP contribution in [0.5, 0.6) is 11.6 Å². The Bertz CT molecular complexity index is 1340. The van der Waals surface area contributed by atoms with Crippen molar-refractivity contribution in [2.75, 3.05) is 7.11 Å². The Morgan fingerprint density at radius 1 is 1.09 bits per heavy atom. The molecule has 32 heavy (non-hydrogen) atoms. The number of methoxy groups -OCH3 is 1. The zero-order chi connectivity index (χ0) is 22.2. The van der Waals surface area contributed by atoms with Crippen LogP contribution in [0.25, 0.3) is 11.4 Å². The van der Waals surface area contributed by atoms with E-state index in [2.05, 4.69) is 11.1 Å². The van der Waals surface area contributed by atoms with Gasteiger partial charge in [0, 0.05) is 18.1 Å². The van der Waals surface area contributed by atoms with Gasteiger partial charge < -0.3 is 19.8 Å². The Morgan fingerprint density at radius 3 is 2.44 bits per heavy atom. The maximum absolute atomic E-state index is 9.87. The van der Waals surface area contributed by atoms with Crippen LogP contribution in [0.2, 0.25) is 0 Å². The van der Waals surface area contributed by atoms with Crippen molar-refractivity contribution in [2.45, 2.75) is 12.8 Å². The first-order chi connectivity index (χ1) is 15.6. The third-order valence-electron chi connectivity index (χ3n) is 5.58. The summed E-state index contributed by atoms with van der Waals surface area (Å²) in [6.45, 7) is 1.91. The lowest BCUT2D eigenvalue weighted by atomic mass is 9.84. The number of rotatable bonds is 4. The predicted octanol–water partition coefficient (Wildman–Crippen LogP) is 3.59. The molecule has 0 fully saturated rings. The second kappa shape index (κ2) is 7.63. The van der Waals surface area contributed by atoms with Crippen LogP contribution in [-0.4, -0.2) is 26.4 Å². The third-order valence-corrected chi connectivity index (χ3v) is 5.58. The zero-order valence-electron chi connectivity index (χ0n) is 17.6. The number of benzene rings is 2. The zero-order valence-corrected chi connectivity index (χ0v) is 17.6. The number of nitrogens with two attached hydrogens (primary N) is 1. The number of allylic oxidation sites excluding steroid dienone is 1. The highest BCUT2D eigenvalue weighted by Crippen LogP contribution is 2.44. The Kier molecular flexibility index (Phi) is 4.64. The smallest absolute Gasteiger partial charge is 0.229 e. The fourth-order valence-corrected chi connectivity index (χ4v) is 4.00. The molecule has 8 nitrogen and oxygen atoms in total. The summed E-state index contributed by atoms with van der Waals surface area (Å²) in [5.74, 6) is 0.952. The summed E-state index contributed by atoms with van der Waals surface area (Å²) in [6, 6.07) is 17.7. The fraction of sp³-hybridized carbons (Fsp3) is 0.125. The molecule has 0 radical (unpaired) electrons. The molecule has 1 atom stereocenters. The van der Waals surface area contributed by atoms with Crippen molar-refractivity contribution >= 4 is 0 Å². The van der Waals surface area contributed by atoms with Crippen molar-refractivity contribution < 1.29 is 9.47 Å². The van der Waals surface area contributed by atoms with Crippen molar-refractivity contribution in [3.05, 3.63) is 95.5 Å². The molecule has 4 aromatic rings. The number of hydrogen-bond donors (Lipinski definition) is 1. The summed E-state index contributed by atoms with van der Waals surface area (Å²) in [7, 11) is 1.62. The molecule has 8 heteroatoms. The average molecular weight is 424 g/mol. The molecule has 0 amide bonds. The normalized spacial score (nSPS) is 15.1. The minimum absolute atomic E-state index is 0.0818. The van der Waals surface area contributed by atoms with Crippen molar-refractivity contribution in [2.24, 2.45) is 5.73 Å². The minimum Gasteiger partial charge on any atom is -0.497 e. The largest absolute Gasteiger partial charge is 0.497 e. The number of aryl methyl sites for hydroxylation is 1. The molecule has 2 aromatic carbocycles. The van der Waals surface area contributed by atoms with Crippen molar-refractivity contribution in [1.82, 2.24) is 19.3 Å². The second-order valence-corrected chi connectivity index (χ2v) is 7.40. The van der Waals surface area contributed by atoms with Crippen molar-refractivity contribution in [1.29, 1.82) is 5.26 Å². The monoisotopic (exact) mass is 424 g/mol. The standard InChI is InChI=1S/C24H20N6O2/c1-15-21-22(16-3-5-17(6-4-16)29-12-11-27-14-29)20(13-25)23(26)32-24(21)30(28-15)18-7-9-19(31-2)10-8-18/h3-12,14,22H,26H2,1-2H3. The number of nitrogens with zero attached hydrogens (tertiary/aromatic N) is 5. The maximum Gasteiger partial charge on any atom is 0.229 e. The Labute approximate surface area is 184 Å². The van der Waals surface area contributed by atoms with Gasteiger partial charge in [0.25, 0.3) is 0 Å². The first kappa shape index (κ1) is 19.5. The molecule has 1 unspecified atom stereocenters. The quantitative estimate of drug-likeness (QED) is 0.537. The van der Waals surface area contributed by atoms with E-state index < -0.39 is 0 Å². The lowest BCUT2D eigenvalue weighted by Crippen LogP contribution is -2.22. The molecule has 0 saturated heterocycles. The number of ether oxygens (including phenoxy) is 2. The highest BCUT2D eigenvalue weighted by molar-refractivity contribution is 5.58. The molecule has 1 aliphatic rings. The second-order valence-electron chi connectivity index (χ2n) is 7.40. The molecule has 2 N–H and O–H groups in total. The molecular weight excluding hydrogens is 404 g/mol. The summed E-state index contributed by atoms with van der Waals surface area (Å²) < 4.78 is 14.8. The van der Waals surface area contributed by atoms with Crippen LogP contribution < -0.4 is 15.2 Å². The van der Waals surface area contributed by atoms with Gasteiger partial charge in [0.2, 0.25) is 11.8 Å². The molecule has 158 valence electrons. The number of nitriles is 1. The van der Waals surface area contributed by atoms with Gasteiger partial charge in [0.15, 0.2) is 0 Å². The van der Waals surface area contributed by atoms with Gasteiger partial charge in [-0.3, -0.25) is 0 Å². The first-order valence-corrected chi connectivity index (χ1v) is 10.0. The minimum atomic E-state index is -0.382. The van der Waals surface area contributed by atoms with Gasteiger partial charge in [-0.2, -0.15) is 10.4 Å². The molecular formula is C24H20N6O2. The number of hydrogen-bond acceptors (Lipinski definition) is 6. The van der Waals surface area contributed by atoms with Gasteiger partial charge in [0.05, 0.1) is 36.3 Å². The van der Waals surface area contributed by atoms with Crippen molar-refractivity contribution in [3.63, 3.8) is 0 Å². The van der Waals surface area contributed by atoms with Crippen LogP contribution in [0.3, 0.4) is 0 Å². The summed E-state index contributed by atoms with van der Waals surface area (Å²) in [5.41, 5.74) is 10.9. The van der Waals surface area contributed by atoms with E-state index in [1.807, 2.05) is 66.2 Å². The van der Waals surface area contributed by atoms with E-state index in [0.717, 1.165) is 33.9 Å². The number of aromatic nitrogens is 4. The predicted molar refractivity (Wildman–Crippen MR) is 118 cm³/mol. The highest BCUT2D eigenvalue weighted by atomic mass is 16.5. The summed E-state index contributed by atoms with van der Waals surface area (Å²) in [5, 5.41) is 14.6. The van der Waals surface area contributed by atoms with Gasteiger partial charge in [-0.15, -0.1) is 0 Å². The SMILES string of the molecule is COc1ccc(-n2nc(C)c3c2OC(N)=C(C#N)C3c2ccc(-n3ccnc3)cc2)cc1. The summed E-state index contributed by atoms with van der Waals surface area (Å²) in [4.78, 5) is 4.09. The van der Waals surface area contributed by atoms with Gasteiger partial charge >= 0.3 is 0 Å². The molecule has 0 spiro atoms. The van der Waals surface area contributed by atoms with Crippen molar-refractivity contribution in [3.8, 4) is 29.1 Å². The van der Waals surface area contributed by atoms with E-state index in [1.54, 1.807) is 24.3 Å². The van der Waals surface area contributed by atoms with E-state index in [1.165, 1.54) is 0 Å². The van der Waals surface area contributed by atoms with Crippen LogP contribution in [-0.2, 0) is 0 Å². The van der Waals surface area contributed by atoms with Crippen LogP contribution in [0, 0.1) is 18.3 Å². The molecule has 0 aliphatic carbocycles. The van der Waals surface area contributed by atoms with E-state index in [-0.39, 0.29) is 11.8 Å². The molecule has 0 saturated carbocycles. The van der Waals surface area contributed by atoms with E-state index >= 15 is 0 Å². The molecule has 2 aromatic heterocycles. The number of imidazole rings is 1.